The van der Waals surface area contributed by atoms with Crippen LogP contribution in [0.3, 0.4) is 0 Å². The molecule has 0 aliphatic carbocycles. The third-order valence-electron chi connectivity index (χ3n) is 5.57. The predicted molar refractivity (Wildman–Crippen MR) is 160 cm³/mol. The summed E-state index contributed by atoms with van der Waals surface area (Å²) in [4.78, 5) is 49.5. The molecule has 0 unspecified atom stereocenters. The van der Waals surface area contributed by atoms with Crippen LogP contribution in [0.25, 0.3) is 11.1 Å². The summed E-state index contributed by atoms with van der Waals surface area (Å²) in [6, 6.07) is 22.6. The van der Waals surface area contributed by atoms with E-state index < -0.39 is 23.8 Å². The van der Waals surface area contributed by atoms with Gasteiger partial charge < -0.3 is 20.8 Å². The highest BCUT2D eigenvalue weighted by Crippen LogP contribution is 2.30. The van der Waals surface area contributed by atoms with Crippen LogP contribution in [0.15, 0.2) is 84.9 Å². The maximum absolute atomic E-state index is 12.7. The smallest absolute Gasteiger partial charge is 0.337 e. The Morgan fingerprint density at radius 3 is 1.24 bits per heavy atom. The number of aromatic carboxylic acids is 2. The van der Waals surface area contributed by atoms with Crippen molar-refractivity contribution < 1.29 is 29.4 Å². The summed E-state index contributed by atoms with van der Waals surface area (Å²) < 4.78 is 1.43. The van der Waals surface area contributed by atoms with Crippen LogP contribution >= 0.6 is 45.2 Å². The molecule has 38 heavy (non-hydrogen) atoms. The molecule has 4 aromatic rings. The number of benzene rings is 4. The van der Waals surface area contributed by atoms with Gasteiger partial charge in [0.05, 0.1) is 33.6 Å². The topological polar surface area (TPSA) is 133 Å². The van der Waals surface area contributed by atoms with Gasteiger partial charge >= 0.3 is 11.9 Å². The number of nitrogens with one attached hydrogen (secondary N) is 2. The summed E-state index contributed by atoms with van der Waals surface area (Å²) in [5.41, 5.74) is 1.55. The summed E-state index contributed by atoms with van der Waals surface area (Å²) in [6.07, 6.45) is 0. The fourth-order valence-electron chi connectivity index (χ4n) is 3.69. The number of carboxylic acids is 2. The normalized spacial score (nSPS) is 10.5. The summed E-state index contributed by atoms with van der Waals surface area (Å²) >= 11 is 4.05. The second-order valence-electron chi connectivity index (χ2n) is 8.00. The summed E-state index contributed by atoms with van der Waals surface area (Å²) in [6.45, 7) is 0. The van der Waals surface area contributed by atoms with Gasteiger partial charge in [-0.1, -0.05) is 36.4 Å². The molecule has 0 saturated carbocycles. The van der Waals surface area contributed by atoms with Gasteiger partial charge in [0.2, 0.25) is 0 Å². The van der Waals surface area contributed by atoms with E-state index in [0.717, 1.165) is 0 Å². The van der Waals surface area contributed by atoms with Crippen molar-refractivity contribution in [2.24, 2.45) is 0 Å². The maximum Gasteiger partial charge on any atom is 0.337 e. The molecule has 0 bridgehead atoms. The number of hydrogen-bond donors (Lipinski definition) is 4. The SMILES string of the molecule is O=C(Nc1ccc(-c2ccc(NC(=O)c3ccccc3I)c(C(=O)O)c2)cc1C(=O)O)c1ccccc1I. The zero-order valence-electron chi connectivity index (χ0n) is 19.4. The second kappa shape index (κ2) is 11.7. The van der Waals surface area contributed by atoms with Crippen LogP contribution in [-0.2, 0) is 0 Å². The minimum absolute atomic E-state index is 0.103. The van der Waals surface area contributed by atoms with Crippen LogP contribution in [-0.4, -0.2) is 34.0 Å². The van der Waals surface area contributed by atoms with Gasteiger partial charge in [0.25, 0.3) is 11.8 Å². The largest absolute Gasteiger partial charge is 0.478 e. The van der Waals surface area contributed by atoms with E-state index in [1.807, 2.05) is 45.2 Å². The van der Waals surface area contributed by atoms with E-state index in [0.29, 0.717) is 29.4 Å². The molecule has 4 rings (SSSR count). The van der Waals surface area contributed by atoms with E-state index in [-0.39, 0.29) is 22.5 Å². The van der Waals surface area contributed by atoms with Gasteiger partial charge in [-0.2, -0.15) is 0 Å². The molecule has 0 heterocycles. The zero-order chi connectivity index (χ0) is 27.4. The molecular weight excluding hydrogens is 714 g/mol. The van der Waals surface area contributed by atoms with Crippen LogP contribution < -0.4 is 10.6 Å². The van der Waals surface area contributed by atoms with Crippen LogP contribution in [0.1, 0.15) is 41.4 Å². The zero-order valence-corrected chi connectivity index (χ0v) is 23.7. The van der Waals surface area contributed by atoms with Crippen LogP contribution in [0.2, 0.25) is 0 Å². The lowest BCUT2D eigenvalue weighted by Gasteiger charge is -2.14. The number of anilines is 2. The first kappa shape index (κ1) is 27.3. The van der Waals surface area contributed by atoms with Crippen LogP contribution in [0.5, 0.6) is 0 Å². The van der Waals surface area contributed by atoms with E-state index in [1.165, 1.54) is 24.3 Å². The highest BCUT2D eigenvalue weighted by atomic mass is 127. The van der Waals surface area contributed by atoms with Crippen molar-refractivity contribution in [1.29, 1.82) is 0 Å². The van der Waals surface area contributed by atoms with Crippen molar-refractivity contribution in [3.63, 3.8) is 0 Å². The Balaban J connectivity index is 1.65. The predicted octanol–water partition coefficient (Wildman–Crippen LogP) is 6.46. The molecule has 4 N–H and O–H groups in total. The molecule has 0 spiro atoms. The fourth-order valence-corrected chi connectivity index (χ4v) is 4.95. The minimum Gasteiger partial charge on any atom is -0.478 e. The Morgan fingerprint density at radius 1 is 0.526 bits per heavy atom. The highest BCUT2D eigenvalue weighted by Gasteiger charge is 2.19. The fraction of sp³-hybridized carbons (Fsp3) is 0. The van der Waals surface area contributed by atoms with Gasteiger partial charge in [-0.05, 0) is 105 Å². The standard InChI is InChI=1S/C28H18I2N2O6/c29-21-7-3-1-5-17(21)25(33)31-23-11-9-15(13-19(23)27(35)36)16-10-12-24(20(14-16)28(37)38)32-26(34)18-6-2-4-8-22(18)30/h1-14H,(H,31,33)(H,32,34)(H,35,36)(H,37,38). The number of hydrogen-bond acceptors (Lipinski definition) is 4. The lowest BCUT2D eigenvalue weighted by atomic mass is 9.98. The molecule has 0 aliphatic heterocycles. The molecule has 0 atom stereocenters. The van der Waals surface area contributed by atoms with E-state index in [1.54, 1.807) is 60.7 Å². The molecule has 10 heteroatoms. The van der Waals surface area contributed by atoms with Gasteiger partial charge in [0.15, 0.2) is 0 Å². The van der Waals surface area contributed by atoms with Crippen LogP contribution in [0.4, 0.5) is 11.4 Å². The Kier molecular flexibility index (Phi) is 8.42. The maximum atomic E-state index is 12.7. The number of halogens is 2. The number of rotatable bonds is 7. The number of amides is 2. The van der Waals surface area contributed by atoms with E-state index in [9.17, 15) is 29.4 Å². The van der Waals surface area contributed by atoms with Gasteiger partial charge in [0.1, 0.15) is 0 Å². The molecule has 190 valence electrons. The van der Waals surface area contributed by atoms with Crippen molar-refractivity contribution in [2.45, 2.75) is 0 Å². The first-order valence-corrected chi connectivity index (χ1v) is 13.2. The molecule has 0 fully saturated rings. The minimum atomic E-state index is -1.26. The monoisotopic (exact) mass is 732 g/mol. The second-order valence-corrected chi connectivity index (χ2v) is 10.3. The summed E-state index contributed by atoms with van der Waals surface area (Å²) in [5.74, 6) is -3.42. The van der Waals surface area contributed by atoms with Crippen LogP contribution in [0, 0.1) is 7.14 Å². The first-order valence-electron chi connectivity index (χ1n) is 11.0. The van der Waals surface area contributed by atoms with Crippen molar-refractivity contribution in [2.75, 3.05) is 10.6 Å². The Labute approximate surface area is 244 Å². The van der Waals surface area contributed by atoms with Gasteiger partial charge in [-0.15, -0.1) is 0 Å². The number of carbonyl (C=O) groups excluding carboxylic acids is 2. The average molecular weight is 732 g/mol. The summed E-state index contributed by atoms with van der Waals surface area (Å²) in [5, 5.41) is 24.9. The highest BCUT2D eigenvalue weighted by molar-refractivity contribution is 14.1. The molecular formula is C28H18I2N2O6. The van der Waals surface area contributed by atoms with E-state index in [2.05, 4.69) is 10.6 Å². The quantitative estimate of drug-likeness (QED) is 0.161. The number of carboxylic acid groups (broad SMARTS) is 2. The molecule has 4 aromatic carbocycles. The molecule has 2 amide bonds. The molecule has 0 saturated heterocycles. The van der Waals surface area contributed by atoms with Gasteiger partial charge in [-0.25, -0.2) is 9.59 Å². The first-order chi connectivity index (χ1) is 18.2. The molecule has 0 aromatic heterocycles. The Bertz CT molecular complexity index is 1480. The Hall–Kier alpha value is -3.78. The molecule has 8 nitrogen and oxygen atoms in total. The molecule has 0 radical (unpaired) electrons. The third-order valence-corrected chi connectivity index (χ3v) is 7.45. The lowest BCUT2D eigenvalue weighted by Crippen LogP contribution is -2.16. The van der Waals surface area contributed by atoms with E-state index in [4.69, 9.17) is 0 Å². The van der Waals surface area contributed by atoms with Crippen molar-refractivity contribution in [3.8, 4) is 11.1 Å². The van der Waals surface area contributed by atoms with Gasteiger partial charge in [-0.3, -0.25) is 9.59 Å². The lowest BCUT2D eigenvalue weighted by molar-refractivity contribution is 0.0686. The van der Waals surface area contributed by atoms with Gasteiger partial charge in [0, 0.05) is 7.14 Å². The van der Waals surface area contributed by atoms with E-state index >= 15 is 0 Å². The Morgan fingerprint density at radius 2 is 0.895 bits per heavy atom. The summed E-state index contributed by atoms with van der Waals surface area (Å²) in [7, 11) is 0. The van der Waals surface area contributed by atoms with Crippen molar-refractivity contribution in [3.05, 3.63) is 114 Å². The third kappa shape index (κ3) is 6.02. The molecule has 0 aliphatic rings. The number of carbonyl (C=O) groups is 4. The average Bonchev–Trinajstić information content (AvgIpc) is 2.89. The van der Waals surface area contributed by atoms with Crippen molar-refractivity contribution in [1.82, 2.24) is 0 Å². The van der Waals surface area contributed by atoms with Crippen molar-refractivity contribution >= 4 is 80.3 Å².